The molecule has 0 aliphatic carbocycles. The molecule has 1 aliphatic rings. The summed E-state index contributed by atoms with van der Waals surface area (Å²) >= 11 is 1.43. The minimum Gasteiger partial charge on any atom is -0.493 e. The Morgan fingerprint density at radius 2 is 1.91 bits per heavy atom. The fourth-order valence-electron chi connectivity index (χ4n) is 3.29. The van der Waals surface area contributed by atoms with Gasteiger partial charge in [0.2, 0.25) is 5.91 Å². The molecule has 0 saturated carbocycles. The van der Waals surface area contributed by atoms with E-state index in [1.807, 2.05) is 18.2 Å². The van der Waals surface area contributed by atoms with Gasteiger partial charge in [0.15, 0.2) is 11.5 Å². The lowest BCUT2D eigenvalue weighted by Crippen LogP contribution is -2.26. The van der Waals surface area contributed by atoms with Crippen molar-refractivity contribution in [2.24, 2.45) is 0 Å². The SMILES string of the molecule is COc1ccc(/C=C/C(=O)Nc2ccc3c(c2)C(=O)N(C)c2cccnc2S3)cc1OC. The van der Waals surface area contributed by atoms with Crippen LogP contribution in [-0.4, -0.2) is 38.1 Å². The number of hydrogen-bond acceptors (Lipinski definition) is 6. The van der Waals surface area contributed by atoms with Gasteiger partial charge in [-0.15, -0.1) is 0 Å². The fraction of sp³-hybridized carbons (Fsp3) is 0.125. The molecule has 0 bridgehead atoms. The molecule has 32 heavy (non-hydrogen) atoms. The van der Waals surface area contributed by atoms with Crippen LogP contribution < -0.4 is 19.7 Å². The lowest BCUT2D eigenvalue weighted by molar-refractivity contribution is -0.111. The highest BCUT2D eigenvalue weighted by Gasteiger charge is 2.25. The molecule has 8 heteroatoms. The monoisotopic (exact) mass is 447 g/mol. The molecule has 1 N–H and O–H groups in total. The molecular weight excluding hydrogens is 426 g/mol. The summed E-state index contributed by atoms with van der Waals surface area (Å²) < 4.78 is 10.5. The highest BCUT2D eigenvalue weighted by molar-refractivity contribution is 7.99. The largest absolute Gasteiger partial charge is 0.493 e. The normalized spacial score (nSPS) is 12.7. The van der Waals surface area contributed by atoms with Crippen molar-refractivity contribution in [3.8, 4) is 11.5 Å². The predicted octanol–water partition coefficient (Wildman–Crippen LogP) is 4.49. The number of carbonyl (C=O) groups is 2. The topological polar surface area (TPSA) is 80.8 Å². The molecule has 3 aromatic rings. The number of methoxy groups -OCH3 is 2. The molecule has 0 atom stereocenters. The Balaban J connectivity index is 1.52. The van der Waals surface area contributed by atoms with Crippen molar-refractivity contribution >= 4 is 41.0 Å². The van der Waals surface area contributed by atoms with E-state index in [0.29, 0.717) is 22.7 Å². The lowest BCUT2D eigenvalue weighted by atomic mass is 10.1. The van der Waals surface area contributed by atoms with E-state index in [4.69, 9.17) is 9.47 Å². The van der Waals surface area contributed by atoms with Crippen molar-refractivity contribution in [3.05, 3.63) is 71.9 Å². The van der Waals surface area contributed by atoms with E-state index in [0.717, 1.165) is 21.2 Å². The number of nitrogens with zero attached hydrogens (tertiary/aromatic N) is 2. The van der Waals surface area contributed by atoms with Crippen molar-refractivity contribution in [1.82, 2.24) is 4.98 Å². The fourth-order valence-corrected chi connectivity index (χ4v) is 4.31. The van der Waals surface area contributed by atoms with Gasteiger partial charge in [0.1, 0.15) is 5.03 Å². The van der Waals surface area contributed by atoms with Crippen LogP contribution in [-0.2, 0) is 4.79 Å². The molecule has 0 spiro atoms. The molecule has 162 valence electrons. The first kappa shape index (κ1) is 21.5. The summed E-state index contributed by atoms with van der Waals surface area (Å²) in [6, 6.07) is 14.3. The second kappa shape index (κ2) is 9.15. The van der Waals surface area contributed by atoms with Gasteiger partial charge in [-0.2, -0.15) is 0 Å². The predicted molar refractivity (Wildman–Crippen MR) is 125 cm³/mol. The Bertz CT molecular complexity index is 1230. The lowest BCUT2D eigenvalue weighted by Gasteiger charge is -2.16. The summed E-state index contributed by atoms with van der Waals surface area (Å²) in [4.78, 5) is 32.2. The zero-order chi connectivity index (χ0) is 22.7. The van der Waals surface area contributed by atoms with E-state index in [1.54, 1.807) is 68.8 Å². The van der Waals surface area contributed by atoms with E-state index in [2.05, 4.69) is 10.3 Å². The second-order valence-electron chi connectivity index (χ2n) is 6.94. The highest BCUT2D eigenvalue weighted by Crippen LogP contribution is 2.40. The summed E-state index contributed by atoms with van der Waals surface area (Å²) in [5.74, 6) is 0.725. The number of anilines is 2. The summed E-state index contributed by atoms with van der Waals surface area (Å²) in [7, 11) is 4.84. The van der Waals surface area contributed by atoms with Crippen molar-refractivity contribution in [1.29, 1.82) is 0 Å². The smallest absolute Gasteiger partial charge is 0.259 e. The maximum absolute atomic E-state index is 13.0. The van der Waals surface area contributed by atoms with Gasteiger partial charge in [0.25, 0.3) is 5.91 Å². The molecule has 1 aromatic heterocycles. The Kier molecular flexibility index (Phi) is 6.13. The molecule has 0 saturated heterocycles. The minimum atomic E-state index is -0.313. The van der Waals surface area contributed by atoms with E-state index in [9.17, 15) is 9.59 Å². The molecule has 4 rings (SSSR count). The molecule has 1 aliphatic heterocycles. The van der Waals surface area contributed by atoms with Crippen molar-refractivity contribution in [2.45, 2.75) is 9.92 Å². The molecule has 2 aromatic carbocycles. The van der Waals surface area contributed by atoms with E-state index in [1.165, 1.54) is 17.8 Å². The highest BCUT2D eigenvalue weighted by atomic mass is 32.2. The number of hydrogen-bond donors (Lipinski definition) is 1. The number of ether oxygens (including phenoxy) is 2. The van der Waals surface area contributed by atoms with Gasteiger partial charge in [-0.1, -0.05) is 17.8 Å². The summed E-state index contributed by atoms with van der Waals surface area (Å²) in [6.07, 6.45) is 4.81. The van der Waals surface area contributed by atoms with Crippen molar-refractivity contribution in [2.75, 3.05) is 31.5 Å². The van der Waals surface area contributed by atoms with Gasteiger partial charge in [0, 0.05) is 29.9 Å². The number of pyridine rings is 1. The van der Waals surface area contributed by atoms with Crippen molar-refractivity contribution < 1.29 is 19.1 Å². The van der Waals surface area contributed by atoms with Crippen LogP contribution >= 0.6 is 11.8 Å². The Labute approximate surface area is 190 Å². The molecule has 2 heterocycles. The third-order valence-electron chi connectivity index (χ3n) is 4.94. The Morgan fingerprint density at radius 3 is 2.69 bits per heavy atom. The number of benzene rings is 2. The molecule has 0 radical (unpaired) electrons. The van der Waals surface area contributed by atoms with Crippen molar-refractivity contribution in [3.63, 3.8) is 0 Å². The van der Waals surface area contributed by atoms with Crippen LogP contribution in [0.5, 0.6) is 11.5 Å². The number of rotatable bonds is 5. The van der Waals surface area contributed by atoms with Gasteiger partial charge < -0.3 is 19.7 Å². The molecule has 2 amide bonds. The number of fused-ring (bicyclic) bond motifs is 2. The van der Waals surface area contributed by atoms with Crippen LogP contribution in [0.15, 0.2) is 70.7 Å². The van der Waals surface area contributed by atoms with Crippen LogP contribution in [0.1, 0.15) is 15.9 Å². The van der Waals surface area contributed by atoms with Crippen LogP contribution in [0, 0.1) is 0 Å². The number of aromatic nitrogens is 1. The second-order valence-corrected chi connectivity index (χ2v) is 7.97. The summed E-state index contributed by atoms with van der Waals surface area (Å²) in [5, 5.41) is 3.57. The van der Waals surface area contributed by atoms with E-state index >= 15 is 0 Å². The quantitative estimate of drug-likeness (QED) is 0.581. The maximum atomic E-state index is 13.0. The Morgan fingerprint density at radius 1 is 1.09 bits per heavy atom. The standard InChI is InChI=1S/C24H21N3O4S/c1-27-18-5-4-12-25-23(18)32-21-10-8-16(14-17(21)24(27)29)26-22(28)11-7-15-6-9-19(30-2)20(13-15)31-3/h4-14H,1-3H3,(H,26,28)/b11-7+. The average molecular weight is 448 g/mol. The van der Waals surface area contributed by atoms with Gasteiger partial charge in [-0.05, 0) is 54.1 Å². The number of carbonyl (C=O) groups excluding carboxylic acids is 2. The summed E-state index contributed by atoms with van der Waals surface area (Å²) in [5.41, 5.74) is 2.59. The van der Waals surface area contributed by atoms with E-state index in [-0.39, 0.29) is 11.8 Å². The number of nitrogens with one attached hydrogen (secondary N) is 1. The van der Waals surface area contributed by atoms with Crippen LogP contribution in [0.4, 0.5) is 11.4 Å². The van der Waals surface area contributed by atoms with Gasteiger partial charge in [0.05, 0.1) is 25.5 Å². The first-order valence-corrected chi connectivity index (χ1v) is 10.6. The van der Waals surface area contributed by atoms with Crippen LogP contribution in [0.2, 0.25) is 0 Å². The van der Waals surface area contributed by atoms with Gasteiger partial charge >= 0.3 is 0 Å². The summed E-state index contributed by atoms with van der Waals surface area (Å²) in [6.45, 7) is 0. The van der Waals surface area contributed by atoms with Crippen LogP contribution in [0.3, 0.4) is 0 Å². The molecule has 0 fully saturated rings. The first-order valence-electron chi connectivity index (χ1n) is 9.76. The Hall–Kier alpha value is -3.78. The minimum absolute atomic E-state index is 0.156. The van der Waals surface area contributed by atoms with Crippen LogP contribution in [0.25, 0.3) is 6.08 Å². The number of amides is 2. The third-order valence-corrected chi connectivity index (χ3v) is 6.02. The zero-order valence-electron chi connectivity index (χ0n) is 17.8. The average Bonchev–Trinajstić information content (AvgIpc) is 2.92. The van der Waals surface area contributed by atoms with E-state index < -0.39 is 0 Å². The maximum Gasteiger partial charge on any atom is 0.259 e. The molecular formula is C24H21N3O4S. The molecule has 7 nitrogen and oxygen atoms in total. The zero-order valence-corrected chi connectivity index (χ0v) is 18.6. The van der Waals surface area contributed by atoms with Gasteiger partial charge in [-0.25, -0.2) is 4.98 Å². The molecule has 0 unspecified atom stereocenters. The third kappa shape index (κ3) is 4.31. The first-order chi connectivity index (χ1) is 15.5. The van der Waals surface area contributed by atoms with Gasteiger partial charge in [-0.3, -0.25) is 9.59 Å².